The maximum atomic E-state index is 10.6. The Morgan fingerprint density at radius 1 is 1.69 bits per heavy atom. The third-order valence-corrected chi connectivity index (χ3v) is 2.99. The van der Waals surface area contributed by atoms with Crippen LogP contribution in [-0.4, -0.2) is 42.5 Å². The minimum absolute atomic E-state index is 0.00893. The summed E-state index contributed by atoms with van der Waals surface area (Å²) in [6, 6.07) is 1.50. The summed E-state index contributed by atoms with van der Waals surface area (Å²) in [5.41, 5.74) is 0.300. The first-order valence-corrected chi connectivity index (χ1v) is 5.69. The highest BCUT2D eigenvalue weighted by Crippen LogP contribution is 2.14. The summed E-state index contributed by atoms with van der Waals surface area (Å²) in [7, 11) is 1.57. The van der Waals surface area contributed by atoms with Crippen LogP contribution in [0.3, 0.4) is 0 Å². The van der Waals surface area contributed by atoms with E-state index in [1.165, 1.54) is 11.3 Å². The highest BCUT2D eigenvalue weighted by Gasteiger charge is 2.09. The van der Waals surface area contributed by atoms with Gasteiger partial charge in [-0.25, -0.2) is 4.79 Å². The number of hydrogen-bond donors (Lipinski definition) is 3. The topological polar surface area (TPSA) is 78.8 Å². The van der Waals surface area contributed by atoms with Crippen molar-refractivity contribution in [2.75, 3.05) is 20.3 Å². The van der Waals surface area contributed by atoms with Gasteiger partial charge in [0.1, 0.15) is 0 Å². The van der Waals surface area contributed by atoms with E-state index in [2.05, 4.69) is 5.32 Å². The van der Waals surface area contributed by atoms with E-state index in [-0.39, 0.29) is 12.6 Å². The van der Waals surface area contributed by atoms with Crippen molar-refractivity contribution >= 4 is 17.3 Å². The molecule has 0 aliphatic rings. The zero-order valence-corrected chi connectivity index (χ0v) is 9.79. The number of aliphatic hydroxyl groups is 1. The minimum atomic E-state index is -0.918. The van der Waals surface area contributed by atoms with Gasteiger partial charge in [0.2, 0.25) is 0 Å². The van der Waals surface area contributed by atoms with Gasteiger partial charge >= 0.3 is 5.97 Å². The molecule has 0 bridgehead atoms. The number of aromatic carboxylic acids is 1. The normalized spacial score (nSPS) is 12.6. The molecule has 0 aliphatic carbocycles. The average molecular weight is 245 g/mol. The van der Waals surface area contributed by atoms with Crippen molar-refractivity contribution in [3.8, 4) is 0 Å². The number of carboxylic acid groups (broad SMARTS) is 1. The van der Waals surface area contributed by atoms with E-state index in [9.17, 15) is 4.79 Å². The SMILES string of the molecule is COCC(CO)NCc1cc(C(=O)O)cs1. The van der Waals surface area contributed by atoms with Crippen LogP contribution in [0.4, 0.5) is 0 Å². The number of carboxylic acids is 1. The monoisotopic (exact) mass is 245 g/mol. The number of carbonyl (C=O) groups is 1. The van der Waals surface area contributed by atoms with Crippen LogP contribution < -0.4 is 5.32 Å². The van der Waals surface area contributed by atoms with Crippen LogP contribution in [0.5, 0.6) is 0 Å². The molecule has 0 aliphatic heterocycles. The summed E-state index contributed by atoms with van der Waals surface area (Å²) in [5.74, 6) is -0.918. The zero-order chi connectivity index (χ0) is 12.0. The third-order valence-electron chi connectivity index (χ3n) is 2.05. The fraction of sp³-hybridized carbons (Fsp3) is 0.500. The molecule has 0 spiro atoms. The summed E-state index contributed by atoms with van der Waals surface area (Å²) in [6.45, 7) is 0.950. The zero-order valence-electron chi connectivity index (χ0n) is 8.97. The van der Waals surface area contributed by atoms with E-state index in [1.54, 1.807) is 18.6 Å². The summed E-state index contributed by atoms with van der Waals surface area (Å²) in [4.78, 5) is 11.6. The minimum Gasteiger partial charge on any atom is -0.478 e. The van der Waals surface area contributed by atoms with Crippen molar-refractivity contribution in [2.24, 2.45) is 0 Å². The lowest BCUT2D eigenvalue weighted by Gasteiger charge is -2.14. The highest BCUT2D eigenvalue weighted by molar-refractivity contribution is 7.10. The maximum absolute atomic E-state index is 10.6. The largest absolute Gasteiger partial charge is 0.478 e. The van der Waals surface area contributed by atoms with E-state index in [0.29, 0.717) is 18.7 Å². The molecule has 1 aromatic heterocycles. The number of hydrogen-bond acceptors (Lipinski definition) is 5. The van der Waals surface area contributed by atoms with Crippen LogP contribution in [-0.2, 0) is 11.3 Å². The van der Waals surface area contributed by atoms with E-state index in [0.717, 1.165) is 4.88 Å². The highest BCUT2D eigenvalue weighted by atomic mass is 32.1. The Kier molecular flexibility index (Phi) is 5.41. The number of ether oxygens (including phenoxy) is 1. The third kappa shape index (κ3) is 3.90. The fourth-order valence-corrected chi connectivity index (χ4v) is 2.02. The van der Waals surface area contributed by atoms with Gasteiger partial charge in [-0.15, -0.1) is 11.3 Å². The Balaban J connectivity index is 2.44. The quantitative estimate of drug-likeness (QED) is 0.653. The van der Waals surface area contributed by atoms with Crippen LogP contribution in [0.1, 0.15) is 15.2 Å². The molecule has 0 saturated heterocycles. The summed E-state index contributed by atoms with van der Waals surface area (Å²) < 4.78 is 4.91. The van der Waals surface area contributed by atoms with Gasteiger partial charge in [-0.2, -0.15) is 0 Å². The molecule has 0 saturated carbocycles. The standard InChI is InChI=1S/C10H15NO4S/c1-15-5-8(4-12)11-3-9-2-7(6-16-9)10(13)14/h2,6,8,11-12H,3-5H2,1H3,(H,13,14). The van der Waals surface area contributed by atoms with Gasteiger partial charge in [0.25, 0.3) is 0 Å². The molecule has 6 heteroatoms. The van der Waals surface area contributed by atoms with Crippen LogP contribution in [0.15, 0.2) is 11.4 Å². The number of aliphatic hydroxyl groups excluding tert-OH is 1. The molecular weight excluding hydrogens is 230 g/mol. The Morgan fingerprint density at radius 2 is 2.44 bits per heavy atom. The van der Waals surface area contributed by atoms with E-state index in [4.69, 9.17) is 14.9 Å². The molecule has 1 heterocycles. The summed E-state index contributed by atoms with van der Waals surface area (Å²) >= 11 is 1.38. The molecule has 16 heavy (non-hydrogen) atoms. The lowest BCUT2D eigenvalue weighted by molar-refractivity contribution is 0.0697. The molecule has 1 unspecified atom stereocenters. The Morgan fingerprint density at radius 3 is 2.94 bits per heavy atom. The molecule has 5 nitrogen and oxygen atoms in total. The summed E-state index contributed by atoms with van der Waals surface area (Å²) in [5, 5.41) is 22.4. The lowest BCUT2D eigenvalue weighted by atomic mass is 10.3. The van der Waals surface area contributed by atoms with Gasteiger partial charge in [-0.3, -0.25) is 0 Å². The van der Waals surface area contributed by atoms with E-state index < -0.39 is 5.97 Å². The van der Waals surface area contributed by atoms with Crippen molar-refractivity contribution in [1.29, 1.82) is 0 Å². The molecule has 0 amide bonds. The first-order valence-electron chi connectivity index (χ1n) is 4.81. The van der Waals surface area contributed by atoms with Crippen molar-refractivity contribution in [1.82, 2.24) is 5.32 Å². The van der Waals surface area contributed by atoms with Crippen LogP contribution in [0.25, 0.3) is 0 Å². The van der Waals surface area contributed by atoms with Gasteiger partial charge in [-0.1, -0.05) is 0 Å². The smallest absolute Gasteiger partial charge is 0.336 e. The lowest BCUT2D eigenvalue weighted by Crippen LogP contribution is -2.35. The Hall–Kier alpha value is -0.950. The van der Waals surface area contributed by atoms with Crippen molar-refractivity contribution in [3.63, 3.8) is 0 Å². The maximum Gasteiger partial charge on any atom is 0.336 e. The molecule has 0 radical (unpaired) electrons. The van der Waals surface area contributed by atoms with Gasteiger partial charge in [-0.05, 0) is 6.07 Å². The number of thiophene rings is 1. The van der Waals surface area contributed by atoms with E-state index >= 15 is 0 Å². The second kappa shape index (κ2) is 6.59. The molecule has 1 aromatic rings. The van der Waals surface area contributed by atoms with E-state index in [1.807, 2.05) is 0 Å². The van der Waals surface area contributed by atoms with Crippen LogP contribution in [0, 0.1) is 0 Å². The van der Waals surface area contributed by atoms with Gasteiger partial charge < -0.3 is 20.3 Å². The first kappa shape index (κ1) is 13.1. The Labute approximate surface area is 97.7 Å². The Bertz CT molecular complexity index is 339. The molecule has 3 N–H and O–H groups in total. The predicted octanol–water partition coefficient (Wildman–Crippen LogP) is 0.543. The van der Waals surface area contributed by atoms with Crippen molar-refractivity contribution in [3.05, 3.63) is 21.9 Å². The summed E-state index contributed by atoms with van der Waals surface area (Å²) in [6.07, 6.45) is 0. The predicted molar refractivity (Wildman–Crippen MR) is 60.9 cm³/mol. The second-order valence-corrected chi connectivity index (χ2v) is 4.32. The van der Waals surface area contributed by atoms with Crippen LogP contribution in [0.2, 0.25) is 0 Å². The molecule has 0 fully saturated rings. The molecule has 0 aromatic carbocycles. The fourth-order valence-electron chi connectivity index (χ4n) is 1.21. The van der Waals surface area contributed by atoms with Crippen molar-refractivity contribution in [2.45, 2.75) is 12.6 Å². The second-order valence-electron chi connectivity index (χ2n) is 3.32. The van der Waals surface area contributed by atoms with Gasteiger partial charge in [0, 0.05) is 23.9 Å². The first-order chi connectivity index (χ1) is 7.67. The average Bonchev–Trinajstić information content (AvgIpc) is 2.73. The molecule has 1 atom stereocenters. The molecule has 90 valence electrons. The van der Waals surface area contributed by atoms with Crippen molar-refractivity contribution < 1.29 is 19.7 Å². The van der Waals surface area contributed by atoms with Crippen LogP contribution >= 0.6 is 11.3 Å². The molecular formula is C10H15NO4S. The van der Waals surface area contributed by atoms with Gasteiger partial charge in [0.15, 0.2) is 0 Å². The number of nitrogens with one attached hydrogen (secondary N) is 1. The van der Waals surface area contributed by atoms with Gasteiger partial charge in [0.05, 0.1) is 24.8 Å². The number of rotatable bonds is 7. The number of methoxy groups -OCH3 is 1. The molecule has 1 rings (SSSR count).